The number of hydrogen-bond donors (Lipinski definition) is 3. The van der Waals surface area contributed by atoms with Gasteiger partial charge in [0.15, 0.2) is 0 Å². The van der Waals surface area contributed by atoms with Crippen molar-refractivity contribution in [3.63, 3.8) is 0 Å². The zero-order chi connectivity index (χ0) is 31.9. The number of unbranched alkanes of at least 4 members (excludes halogenated alkanes) is 2. The van der Waals surface area contributed by atoms with Crippen molar-refractivity contribution in [1.82, 2.24) is 10.6 Å². The van der Waals surface area contributed by atoms with Crippen LogP contribution in [0.25, 0.3) is 0 Å². The van der Waals surface area contributed by atoms with Crippen LogP contribution in [-0.2, 0) is 14.4 Å². The molecule has 0 aliphatic carbocycles. The van der Waals surface area contributed by atoms with Gasteiger partial charge in [-0.05, 0) is 83.5 Å². The molecule has 0 aromatic heterocycles. The van der Waals surface area contributed by atoms with Crippen LogP contribution in [0.2, 0.25) is 0 Å². The van der Waals surface area contributed by atoms with Crippen LogP contribution < -0.4 is 10.6 Å². The van der Waals surface area contributed by atoms with Gasteiger partial charge in [0, 0.05) is 30.4 Å². The highest BCUT2D eigenvalue weighted by atomic mass is 33.1. The summed E-state index contributed by atoms with van der Waals surface area (Å²) in [6, 6.07) is -0.868. The molecule has 1 aliphatic heterocycles. The number of nitrogens with one attached hydrogen (secondary N) is 2. The number of allylic oxidation sites excluding steroid dienone is 12. The smallest absolute Gasteiger partial charge is 0.326 e. The van der Waals surface area contributed by atoms with Gasteiger partial charge in [-0.1, -0.05) is 108 Å². The number of hydrogen-bond acceptors (Lipinski definition) is 5. The van der Waals surface area contributed by atoms with Crippen molar-refractivity contribution in [1.29, 1.82) is 0 Å². The number of carboxylic acids is 1. The van der Waals surface area contributed by atoms with E-state index in [1.54, 1.807) is 0 Å². The third-order valence-corrected chi connectivity index (χ3v) is 9.92. The molecule has 44 heavy (non-hydrogen) atoms. The Labute approximate surface area is 274 Å². The Morgan fingerprint density at radius 1 is 0.750 bits per heavy atom. The Hall–Kier alpha value is -2.45. The molecule has 2 unspecified atom stereocenters. The molecule has 1 saturated heterocycles. The predicted octanol–water partition coefficient (Wildman–Crippen LogP) is 9.03. The lowest BCUT2D eigenvalue weighted by Gasteiger charge is -2.15. The van der Waals surface area contributed by atoms with Crippen molar-refractivity contribution in [2.75, 3.05) is 12.3 Å². The topological polar surface area (TPSA) is 95.5 Å². The summed E-state index contributed by atoms with van der Waals surface area (Å²) >= 11 is 0. The van der Waals surface area contributed by atoms with E-state index >= 15 is 0 Å². The Balaban J connectivity index is 2.00. The summed E-state index contributed by atoms with van der Waals surface area (Å²) in [5, 5.41) is 15.7. The average molecular weight is 645 g/mol. The van der Waals surface area contributed by atoms with Gasteiger partial charge in [-0.25, -0.2) is 4.79 Å². The fraction of sp³-hybridized carbons (Fsp3) is 0.583. The Kier molecular flexibility index (Phi) is 26.3. The highest BCUT2D eigenvalue weighted by Crippen LogP contribution is 2.39. The van der Waals surface area contributed by atoms with Crippen LogP contribution in [0.1, 0.15) is 110 Å². The number of carbonyl (C=O) groups excluding carboxylic acids is 2. The molecule has 0 spiro atoms. The monoisotopic (exact) mass is 644 g/mol. The minimum Gasteiger partial charge on any atom is -0.480 e. The second kappa shape index (κ2) is 29.3. The first-order chi connectivity index (χ1) is 21.5. The maximum Gasteiger partial charge on any atom is 0.326 e. The van der Waals surface area contributed by atoms with Gasteiger partial charge in [0.1, 0.15) is 6.04 Å². The van der Waals surface area contributed by atoms with Crippen molar-refractivity contribution in [3.8, 4) is 0 Å². The summed E-state index contributed by atoms with van der Waals surface area (Å²) in [6.45, 7) is 2.66. The van der Waals surface area contributed by atoms with Crippen LogP contribution in [-0.4, -0.2) is 46.5 Å². The summed E-state index contributed by atoms with van der Waals surface area (Å²) in [5.41, 5.74) is 0. The predicted molar refractivity (Wildman–Crippen MR) is 191 cm³/mol. The van der Waals surface area contributed by atoms with Gasteiger partial charge < -0.3 is 15.7 Å². The molecule has 0 aromatic rings. The number of amides is 2. The Morgan fingerprint density at radius 2 is 1.34 bits per heavy atom. The molecular weight excluding hydrogens is 589 g/mol. The standard InChI is InChI=1S/C36H56N2O4S2/c1-2-3-4-5-6-7-8-9-10-11-12-13-14-15-16-17-18-19-20-27-34(39)37-30-24-23-26-33(36(41)42)38-35(40)28-22-21-25-32-29-31-43-44-32/h3-4,6-7,9-10,12-13,15-16,18-19,32-33H,2,5,8,11,14,17,20-31H2,1H3,(H,37,39)(H,38,40)(H,41,42). The summed E-state index contributed by atoms with van der Waals surface area (Å²) in [7, 11) is 3.87. The summed E-state index contributed by atoms with van der Waals surface area (Å²) in [5.74, 6) is 0.0262. The maximum absolute atomic E-state index is 12.2. The fourth-order valence-electron chi connectivity index (χ4n) is 4.39. The Morgan fingerprint density at radius 3 is 1.89 bits per heavy atom. The van der Waals surface area contributed by atoms with Crippen LogP contribution in [0.3, 0.4) is 0 Å². The molecule has 1 rings (SSSR count). The van der Waals surface area contributed by atoms with Crippen molar-refractivity contribution in [2.45, 2.75) is 121 Å². The fourth-order valence-corrected chi connectivity index (χ4v) is 7.42. The quantitative estimate of drug-likeness (QED) is 0.0494. The minimum absolute atomic E-state index is 0.00205. The molecule has 0 saturated carbocycles. The summed E-state index contributed by atoms with van der Waals surface area (Å²) in [6.07, 6.45) is 39.1. The third-order valence-electron chi connectivity index (χ3n) is 6.92. The molecule has 1 fully saturated rings. The van der Waals surface area contributed by atoms with Crippen LogP contribution in [0, 0.1) is 0 Å². The second-order valence-electron chi connectivity index (χ2n) is 10.8. The van der Waals surface area contributed by atoms with Gasteiger partial charge in [-0.2, -0.15) is 0 Å². The van der Waals surface area contributed by atoms with Crippen LogP contribution in [0.15, 0.2) is 72.9 Å². The largest absolute Gasteiger partial charge is 0.480 e. The van der Waals surface area contributed by atoms with Crippen LogP contribution in [0.5, 0.6) is 0 Å². The van der Waals surface area contributed by atoms with Gasteiger partial charge in [-0.15, -0.1) is 0 Å². The van der Waals surface area contributed by atoms with E-state index in [0.717, 1.165) is 57.8 Å². The third kappa shape index (κ3) is 24.9. The molecular formula is C36H56N2O4S2. The van der Waals surface area contributed by atoms with Gasteiger partial charge in [-0.3, -0.25) is 9.59 Å². The van der Waals surface area contributed by atoms with E-state index in [9.17, 15) is 19.5 Å². The van der Waals surface area contributed by atoms with Crippen molar-refractivity contribution in [2.24, 2.45) is 0 Å². The normalized spacial score (nSPS) is 16.4. The first-order valence-electron chi connectivity index (χ1n) is 16.5. The van der Waals surface area contributed by atoms with Crippen molar-refractivity contribution in [3.05, 3.63) is 72.9 Å². The molecule has 0 radical (unpaired) electrons. The molecule has 1 heterocycles. The van der Waals surface area contributed by atoms with E-state index in [4.69, 9.17) is 0 Å². The number of aliphatic carboxylic acids is 1. The lowest BCUT2D eigenvalue weighted by atomic mass is 10.1. The highest BCUT2D eigenvalue weighted by Gasteiger charge is 2.20. The van der Waals surface area contributed by atoms with Gasteiger partial charge in [0.2, 0.25) is 11.8 Å². The molecule has 246 valence electrons. The van der Waals surface area contributed by atoms with Crippen LogP contribution >= 0.6 is 21.6 Å². The van der Waals surface area contributed by atoms with E-state index in [2.05, 4.69) is 84.4 Å². The maximum atomic E-state index is 12.2. The number of rotatable bonds is 26. The lowest BCUT2D eigenvalue weighted by molar-refractivity contribution is -0.142. The first-order valence-corrected chi connectivity index (χ1v) is 18.9. The second-order valence-corrected chi connectivity index (χ2v) is 13.6. The molecule has 0 aromatic carbocycles. The Bertz CT molecular complexity index is 950. The summed E-state index contributed by atoms with van der Waals surface area (Å²) < 4.78 is 0. The molecule has 2 amide bonds. The van der Waals surface area contributed by atoms with E-state index in [1.165, 1.54) is 12.2 Å². The number of carbonyl (C=O) groups is 3. The lowest BCUT2D eigenvalue weighted by Crippen LogP contribution is -2.40. The minimum atomic E-state index is -1.00. The molecule has 0 bridgehead atoms. The van der Waals surface area contributed by atoms with Crippen LogP contribution in [0.4, 0.5) is 0 Å². The molecule has 8 heteroatoms. The van der Waals surface area contributed by atoms with E-state index in [1.807, 2.05) is 27.7 Å². The first kappa shape index (κ1) is 39.6. The van der Waals surface area contributed by atoms with Gasteiger partial charge in [0.05, 0.1) is 0 Å². The SMILES string of the molecule is CCC=CCC=CCC=CCC=CCC=CCC=CCCC(=O)NCCCCC(NC(=O)CCCCC1CCSS1)C(=O)O. The van der Waals surface area contributed by atoms with E-state index < -0.39 is 12.0 Å². The van der Waals surface area contributed by atoms with Crippen molar-refractivity contribution < 1.29 is 19.5 Å². The van der Waals surface area contributed by atoms with Gasteiger partial charge >= 0.3 is 5.97 Å². The van der Waals surface area contributed by atoms with Crippen molar-refractivity contribution >= 4 is 39.4 Å². The van der Waals surface area contributed by atoms with E-state index in [-0.39, 0.29) is 11.8 Å². The molecule has 1 aliphatic rings. The molecule has 3 N–H and O–H groups in total. The summed E-state index contributed by atoms with van der Waals surface area (Å²) in [4.78, 5) is 35.8. The van der Waals surface area contributed by atoms with E-state index in [0.29, 0.717) is 50.3 Å². The molecule has 6 nitrogen and oxygen atoms in total. The zero-order valence-corrected chi connectivity index (χ0v) is 28.4. The highest BCUT2D eigenvalue weighted by molar-refractivity contribution is 8.77. The van der Waals surface area contributed by atoms with Gasteiger partial charge in [0.25, 0.3) is 0 Å². The molecule has 2 atom stereocenters. The zero-order valence-electron chi connectivity index (χ0n) is 26.8. The average Bonchev–Trinajstić information content (AvgIpc) is 3.53. The number of carboxylic acid groups (broad SMARTS) is 1.